The number of aryl methyl sites for hydroxylation is 2. The Morgan fingerprint density at radius 2 is 1.85 bits per heavy atom. The van der Waals surface area contributed by atoms with Gasteiger partial charge >= 0.3 is 0 Å². The molecule has 4 rings (SSSR count). The molecule has 0 aromatic carbocycles. The lowest BCUT2D eigenvalue weighted by Gasteiger charge is -2.02. The molecule has 4 aromatic heterocycles. The minimum Gasteiger partial charge on any atom is -0.288 e. The van der Waals surface area contributed by atoms with Crippen molar-refractivity contribution in [1.29, 1.82) is 0 Å². The molecule has 6 nitrogen and oxygen atoms in total. The molecule has 0 aliphatic heterocycles. The van der Waals surface area contributed by atoms with Gasteiger partial charge in [-0.3, -0.25) is 4.40 Å². The average Bonchev–Trinajstić information content (AvgIpc) is 3.02. The van der Waals surface area contributed by atoms with Crippen LogP contribution in [0.4, 0.5) is 0 Å². The minimum absolute atomic E-state index is 0.710. The van der Waals surface area contributed by atoms with Crippen molar-refractivity contribution in [3.05, 3.63) is 48.6 Å². The highest BCUT2D eigenvalue weighted by Gasteiger charge is 2.09. The predicted molar refractivity (Wildman–Crippen MR) is 74.4 cm³/mol. The van der Waals surface area contributed by atoms with Gasteiger partial charge in [0.1, 0.15) is 5.82 Å². The van der Waals surface area contributed by atoms with E-state index in [0.29, 0.717) is 5.78 Å². The van der Waals surface area contributed by atoms with Crippen LogP contribution in [0.3, 0.4) is 0 Å². The van der Waals surface area contributed by atoms with E-state index >= 15 is 0 Å². The molecule has 0 unspecified atom stereocenters. The van der Waals surface area contributed by atoms with Gasteiger partial charge in [0.2, 0.25) is 5.78 Å². The van der Waals surface area contributed by atoms with Gasteiger partial charge in [0, 0.05) is 35.4 Å². The first-order chi connectivity index (χ1) is 9.72. The second-order valence-corrected chi connectivity index (χ2v) is 4.78. The molecule has 20 heavy (non-hydrogen) atoms. The van der Waals surface area contributed by atoms with Crippen molar-refractivity contribution in [3.63, 3.8) is 0 Å². The highest BCUT2D eigenvalue weighted by molar-refractivity contribution is 5.79. The fraction of sp³-hybridized carbons (Fsp3) is 0.143. The van der Waals surface area contributed by atoms with Crippen LogP contribution in [0.1, 0.15) is 11.5 Å². The highest BCUT2D eigenvalue weighted by Crippen LogP contribution is 2.24. The van der Waals surface area contributed by atoms with Crippen LogP contribution in [0.15, 0.2) is 37.1 Å². The number of rotatable bonds is 1. The third-order valence-electron chi connectivity index (χ3n) is 3.39. The maximum Gasteiger partial charge on any atom is 0.233 e. The molecule has 4 heterocycles. The van der Waals surface area contributed by atoms with Gasteiger partial charge in [0.05, 0.1) is 17.9 Å². The second-order valence-electron chi connectivity index (χ2n) is 4.78. The maximum atomic E-state index is 4.38. The summed E-state index contributed by atoms with van der Waals surface area (Å²) in [4.78, 5) is 12.9. The van der Waals surface area contributed by atoms with Gasteiger partial charge in [-0.1, -0.05) is 0 Å². The largest absolute Gasteiger partial charge is 0.288 e. The number of fused-ring (bicyclic) bond motifs is 2. The molecule has 6 heteroatoms. The monoisotopic (exact) mass is 264 g/mol. The maximum absolute atomic E-state index is 4.38. The van der Waals surface area contributed by atoms with Crippen molar-refractivity contribution in [1.82, 2.24) is 29.0 Å². The van der Waals surface area contributed by atoms with Gasteiger partial charge in [0.25, 0.3) is 0 Å². The van der Waals surface area contributed by atoms with Crippen LogP contribution in [0.5, 0.6) is 0 Å². The van der Waals surface area contributed by atoms with Gasteiger partial charge in [-0.25, -0.2) is 19.5 Å². The summed E-state index contributed by atoms with van der Waals surface area (Å²) in [5.41, 5.74) is 4.11. The van der Waals surface area contributed by atoms with E-state index in [9.17, 15) is 0 Å². The third-order valence-corrected chi connectivity index (χ3v) is 3.39. The summed E-state index contributed by atoms with van der Waals surface area (Å²) in [5.74, 6) is 1.46. The number of imidazole rings is 1. The molecule has 0 aliphatic carbocycles. The molecule has 0 bridgehead atoms. The Hall–Kier alpha value is -2.76. The SMILES string of the molecule is Cc1ncc2c(-c3cnc4ncc(C)n4c3)ccn2n1. The number of hydrogen-bond acceptors (Lipinski definition) is 4. The zero-order chi connectivity index (χ0) is 13.7. The zero-order valence-corrected chi connectivity index (χ0v) is 11.1. The molecule has 98 valence electrons. The number of nitrogens with zero attached hydrogens (tertiary/aromatic N) is 6. The van der Waals surface area contributed by atoms with Crippen LogP contribution in [0, 0.1) is 13.8 Å². The van der Waals surface area contributed by atoms with Crippen LogP contribution in [0.25, 0.3) is 22.4 Å². The van der Waals surface area contributed by atoms with Gasteiger partial charge in [-0.15, -0.1) is 0 Å². The first-order valence-corrected chi connectivity index (χ1v) is 6.33. The molecule has 0 amide bonds. The molecule has 0 saturated carbocycles. The Kier molecular flexibility index (Phi) is 2.14. The predicted octanol–water partition coefficient (Wildman–Crippen LogP) is 2.06. The average molecular weight is 264 g/mol. The molecule has 0 radical (unpaired) electrons. The van der Waals surface area contributed by atoms with Gasteiger partial charge in [-0.2, -0.15) is 5.10 Å². The fourth-order valence-corrected chi connectivity index (χ4v) is 2.36. The third kappa shape index (κ3) is 1.51. The molecule has 0 spiro atoms. The van der Waals surface area contributed by atoms with Crippen LogP contribution < -0.4 is 0 Å². The standard InChI is InChI=1S/C14H12N6/c1-9-5-16-14-17-6-11(8-19(9)14)12-3-4-20-13(12)7-15-10(2)18-20/h3-8H,1-2H3. The molecular formula is C14H12N6. The molecule has 4 aromatic rings. The van der Waals surface area contributed by atoms with E-state index in [1.165, 1.54) is 0 Å². The van der Waals surface area contributed by atoms with E-state index in [0.717, 1.165) is 28.2 Å². The van der Waals surface area contributed by atoms with E-state index < -0.39 is 0 Å². The van der Waals surface area contributed by atoms with E-state index in [1.54, 1.807) is 0 Å². The quantitative estimate of drug-likeness (QED) is 0.528. The van der Waals surface area contributed by atoms with E-state index in [-0.39, 0.29) is 0 Å². The molecule has 0 aliphatic rings. The lowest BCUT2D eigenvalue weighted by Crippen LogP contribution is -1.96. The summed E-state index contributed by atoms with van der Waals surface area (Å²) in [5, 5.41) is 4.36. The highest BCUT2D eigenvalue weighted by atomic mass is 15.2. The fourth-order valence-electron chi connectivity index (χ4n) is 2.36. The van der Waals surface area contributed by atoms with Crippen molar-refractivity contribution in [2.75, 3.05) is 0 Å². The molecular weight excluding hydrogens is 252 g/mol. The first kappa shape index (κ1) is 11.1. The summed E-state index contributed by atoms with van der Waals surface area (Å²) < 4.78 is 3.82. The van der Waals surface area contributed by atoms with Crippen molar-refractivity contribution in [3.8, 4) is 11.1 Å². The summed E-state index contributed by atoms with van der Waals surface area (Å²) in [6.45, 7) is 3.89. The molecule has 0 atom stereocenters. The van der Waals surface area contributed by atoms with Crippen LogP contribution in [-0.4, -0.2) is 29.0 Å². The lowest BCUT2D eigenvalue weighted by atomic mass is 10.1. The van der Waals surface area contributed by atoms with Gasteiger partial charge in [-0.05, 0) is 19.9 Å². The van der Waals surface area contributed by atoms with Crippen molar-refractivity contribution >= 4 is 11.3 Å². The summed E-state index contributed by atoms with van der Waals surface area (Å²) in [7, 11) is 0. The van der Waals surface area contributed by atoms with Crippen molar-refractivity contribution in [2.45, 2.75) is 13.8 Å². The van der Waals surface area contributed by atoms with Crippen molar-refractivity contribution in [2.24, 2.45) is 0 Å². The number of hydrogen-bond donors (Lipinski definition) is 0. The van der Waals surface area contributed by atoms with E-state index in [1.807, 2.05) is 59.8 Å². The molecule has 0 N–H and O–H groups in total. The van der Waals surface area contributed by atoms with Crippen LogP contribution in [-0.2, 0) is 0 Å². The number of aromatic nitrogens is 6. The Morgan fingerprint density at radius 1 is 1.00 bits per heavy atom. The van der Waals surface area contributed by atoms with Crippen molar-refractivity contribution < 1.29 is 0 Å². The zero-order valence-electron chi connectivity index (χ0n) is 11.1. The Balaban J connectivity index is 1.98. The Morgan fingerprint density at radius 3 is 2.75 bits per heavy atom. The van der Waals surface area contributed by atoms with Gasteiger partial charge in [0.15, 0.2) is 0 Å². The summed E-state index contributed by atoms with van der Waals surface area (Å²) >= 11 is 0. The van der Waals surface area contributed by atoms with E-state index in [2.05, 4.69) is 20.1 Å². The smallest absolute Gasteiger partial charge is 0.233 e. The van der Waals surface area contributed by atoms with Crippen LogP contribution >= 0.6 is 0 Å². The van der Waals surface area contributed by atoms with E-state index in [4.69, 9.17) is 0 Å². The minimum atomic E-state index is 0.710. The lowest BCUT2D eigenvalue weighted by molar-refractivity contribution is 0.857. The van der Waals surface area contributed by atoms with Crippen LogP contribution in [0.2, 0.25) is 0 Å². The Bertz CT molecular complexity index is 933. The topological polar surface area (TPSA) is 60.4 Å². The second kappa shape index (κ2) is 3.86. The first-order valence-electron chi connectivity index (χ1n) is 6.33. The van der Waals surface area contributed by atoms with Gasteiger partial charge < -0.3 is 0 Å². The molecule has 0 fully saturated rings. The molecule has 0 saturated heterocycles. The normalized spacial score (nSPS) is 11.5. The summed E-state index contributed by atoms with van der Waals surface area (Å²) in [6, 6.07) is 2.03. The summed E-state index contributed by atoms with van der Waals surface area (Å²) in [6.07, 6.45) is 9.46. The Labute approximate surface area is 114 Å².